The first-order chi connectivity index (χ1) is 15.0. The van der Waals surface area contributed by atoms with E-state index in [9.17, 15) is 4.79 Å². The molecule has 0 aromatic heterocycles. The van der Waals surface area contributed by atoms with E-state index in [-0.39, 0.29) is 5.91 Å². The summed E-state index contributed by atoms with van der Waals surface area (Å²) in [6.45, 7) is 0.595. The molecule has 0 aliphatic carbocycles. The number of carbonyl (C=O) groups excluding carboxylic acids is 1. The molecule has 3 aromatic rings. The number of carbonyl (C=O) groups is 1. The lowest BCUT2D eigenvalue weighted by Gasteiger charge is -2.25. The van der Waals surface area contributed by atoms with Crippen molar-refractivity contribution < 1.29 is 23.9 Å². The number of nitrogens with one attached hydrogen (secondary N) is 2. The van der Waals surface area contributed by atoms with Crippen molar-refractivity contribution in [2.24, 2.45) is 0 Å². The molecule has 0 saturated carbocycles. The van der Waals surface area contributed by atoms with Crippen LogP contribution in [0.2, 0.25) is 0 Å². The maximum absolute atomic E-state index is 13.4. The highest BCUT2D eigenvalue weighted by Crippen LogP contribution is 2.24. The Kier molecular flexibility index (Phi) is 7.51. The molecule has 1 unspecified atom stereocenters. The van der Waals surface area contributed by atoms with Crippen molar-refractivity contribution in [3.8, 4) is 17.2 Å². The van der Waals surface area contributed by atoms with Crippen LogP contribution in [-0.2, 0) is 11.3 Å². The molecule has 3 aromatic carbocycles. The molecule has 0 aliphatic heterocycles. The van der Waals surface area contributed by atoms with Crippen LogP contribution in [0.3, 0.4) is 0 Å². The standard InChI is InChI=1S/C25H28N2O4/c1-27(17-19-13-14-22(30-3)16-23(19)31-4)24(18-9-6-5-7-10-18)25(28)26-20-11-8-12-21(15-20)29-2/h5-16,24H,17H2,1-4H3,(H,26,28)/p+1/t24-/m1/s1. The zero-order valence-electron chi connectivity index (χ0n) is 18.3. The van der Waals surface area contributed by atoms with Gasteiger partial charge in [0.1, 0.15) is 23.8 Å². The molecule has 0 bridgehead atoms. The van der Waals surface area contributed by atoms with E-state index in [0.29, 0.717) is 18.0 Å². The summed E-state index contributed by atoms with van der Waals surface area (Å²) in [5, 5.41) is 3.04. The second kappa shape index (κ2) is 10.5. The van der Waals surface area contributed by atoms with Gasteiger partial charge in [-0.15, -0.1) is 0 Å². The van der Waals surface area contributed by atoms with Crippen LogP contribution in [-0.4, -0.2) is 34.3 Å². The molecule has 0 fully saturated rings. The highest BCUT2D eigenvalue weighted by Gasteiger charge is 2.30. The van der Waals surface area contributed by atoms with Crippen molar-refractivity contribution in [3.63, 3.8) is 0 Å². The van der Waals surface area contributed by atoms with E-state index in [0.717, 1.165) is 27.5 Å². The maximum Gasteiger partial charge on any atom is 0.287 e. The SMILES string of the molecule is COc1cccc(NC(=O)[C@@H](c2ccccc2)[NH+](C)Cc2ccc(OC)cc2OC)c1. The van der Waals surface area contributed by atoms with E-state index >= 15 is 0 Å². The van der Waals surface area contributed by atoms with Gasteiger partial charge in [0.05, 0.1) is 28.4 Å². The first-order valence-electron chi connectivity index (χ1n) is 10.1. The molecule has 2 atom stereocenters. The predicted molar refractivity (Wildman–Crippen MR) is 121 cm³/mol. The fraction of sp³-hybridized carbons (Fsp3) is 0.240. The van der Waals surface area contributed by atoms with Crippen molar-refractivity contribution in [2.45, 2.75) is 12.6 Å². The molecule has 6 nitrogen and oxygen atoms in total. The number of benzene rings is 3. The monoisotopic (exact) mass is 421 g/mol. The molecule has 2 N–H and O–H groups in total. The molecule has 0 saturated heterocycles. The van der Waals surface area contributed by atoms with Crippen LogP contribution in [0.15, 0.2) is 72.8 Å². The zero-order chi connectivity index (χ0) is 22.2. The van der Waals surface area contributed by atoms with Gasteiger partial charge < -0.3 is 24.4 Å². The molecule has 0 heterocycles. The average molecular weight is 422 g/mol. The van der Waals surface area contributed by atoms with Gasteiger partial charge in [0.2, 0.25) is 0 Å². The number of hydrogen-bond acceptors (Lipinski definition) is 4. The molecule has 31 heavy (non-hydrogen) atoms. The molecule has 1 amide bonds. The Morgan fingerprint density at radius 1 is 0.871 bits per heavy atom. The number of anilines is 1. The Labute approximate surface area is 183 Å². The van der Waals surface area contributed by atoms with Gasteiger partial charge in [0.15, 0.2) is 6.04 Å². The number of methoxy groups -OCH3 is 3. The van der Waals surface area contributed by atoms with Crippen molar-refractivity contribution in [3.05, 3.63) is 83.9 Å². The number of likely N-dealkylation sites (N-methyl/N-ethyl adjacent to an activating group) is 1. The smallest absolute Gasteiger partial charge is 0.287 e. The molecule has 162 valence electrons. The van der Waals surface area contributed by atoms with Gasteiger partial charge in [0, 0.05) is 28.9 Å². The minimum absolute atomic E-state index is 0.0931. The molecule has 6 heteroatoms. The average Bonchev–Trinajstić information content (AvgIpc) is 2.80. The number of ether oxygens (including phenoxy) is 3. The normalized spacial score (nSPS) is 12.5. The van der Waals surface area contributed by atoms with Crippen molar-refractivity contribution in [1.82, 2.24) is 0 Å². The summed E-state index contributed by atoms with van der Waals surface area (Å²) in [5.41, 5.74) is 2.63. The predicted octanol–water partition coefficient (Wildman–Crippen LogP) is 3.11. The van der Waals surface area contributed by atoms with Crippen LogP contribution in [0.4, 0.5) is 5.69 Å². The zero-order valence-corrected chi connectivity index (χ0v) is 18.3. The Morgan fingerprint density at radius 2 is 1.58 bits per heavy atom. The summed E-state index contributed by atoms with van der Waals surface area (Å²) in [4.78, 5) is 14.4. The van der Waals surface area contributed by atoms with E-state index in [4.69, 9.17) is 14.2 Å². The fourth-order valence-corrected chi connectivity index (χ4v) is 3.62. The van der Waals surface area contributed by atoms with Crippen LogP contribution in [0.5, 0.6) is 17.2 Å². The maximum atomic E-state index is 13.4. The van der Waals surface area contributed by atoms with Gasteiger partial charge >= 0.3 is 0 Å². The highest BCUT2D eigenvalue weighted by atomic mass is 16.5. The van der Waals surface area contributed by atoms with Gasteiger partial charge in [-0.05, 0) is 24.3 Å². The number of amides is 1. The van der Waals surface area contributed by atoms with Crippen molar-refractivity contribution in [1.29, 1.82) is 0 Å². The molecule has 0 radical (unpaired) electrons. The first-order valence-corrected chi connectivity index (χ1v) is 10.1. The van der Waals surface area contributed by atoms with E-state index in [2.05, 4.69) is 5.32 Å². The number of hydrogen-bond donors (Lipinski definition) is 2. The third kappa shape index (κ3) is 5.55. The largest absolute Gasteiger partial charge is 0.497 e. The first kappa shape index (κ1) is 22.2. The number of quaternary nitrogens is 1. The third-order valence-electron chi connectivity index (χ3n) is 5.19. The van der Waals surface area contributed by atoms with E-state index in [1.54, 1.807) is 21.3 Å². The molecular weight excluding hydrogens is 392 g/mol. The summed E-state index contributed by atoms with van der Waals surface area (Å²) >= 11 is 0. The summed E-state index contributed by atoms with van der Waals surface area (Å²) in [7, 11) is 6.87. The summed E-state index contributed by atoms with van der Waals surface area (Å²) < 4.78 is 16.1. The van der Waals surface area contributed by atoms with Crippen molar-refractivity contribution in [2.75, 3.05) is 33.7 Å². The topological polar surface area (TPSA) is 61.2 Å². The van der Waals surface area contributed by atoms with Crippen LogP contribution in [0.25, 0.3) is 0 Å². The fourth-order valence-electron chi connectivity index (χ4n) is 3.62. The lowest BCUT2D eigenvalue weighted by molar-refractivity contribution is -0.915. The lowest BCUT2D eigenvalue weighted by Crippen LogP contribution is -3.09. The molecule has 0 spiro atoms. The van der Waals surface area contributed by atoms with Gasteiger partial charge in [0.25, 0.3) is 5.91 Å². The van der Waals surface area contributed by atoms with Crippen LogP contribution in [0.1, 0.15) is 17.2 Å². The molecule has 3 rings (SSSR count). The number of rotatable bonds is 9. The van der Waals surface area contributed by atoms with Gasteiger partial charge in [-0.3, -0.25) is 4.79 Å². The Balaban J connectivity index is 1.87. The van der Waals surface area contributed by atoms with E-state index < -0.39 is 6.04 Å². The summed E-state index contributed by atoms with van der Waals surface area (Å²) in [6.07, 6.45) is 0. The summed E-state index contributed by atoms with van der Waals surface area (Å²) in [6, 6.07) is 22.5. The highest BCUT2D eigenvalue weighted by molar-refractivity contribution is 5.94. The lowest BCUT2D eigenvalue weighted by atomic mass is 10.0. The van der Waals surface area contributed by atoms with Gasteiger partial charge in [-0.1, -0.05) is 36.4 Å². The minimum Gasteiger partial charge on any atom is -0.497 e. The quantitative estimate of drug-likeness (QED) is 0.557. The molecule has 0 aliphatic rings. The second-order valence-corrected chi connectivity index (χ2v) is 7.27. The van der Waals surface area contributed by atoms with Gasteiger partial charge in [-0.25, -0.2) is 0 Å². The van der Waals surface area contributed by atoms with Crippen LogP contribution < -0.4 is 24.4 Å². The summed E-state index contributed by atoms with van der Waals surface area (Å²) in [5.74, 6) is 2.06. The molecular formula is C25H29N2O4+. The minimum atomic E-state index is -0.417. The Bertz CT molecular complexity index is 1010. The van der Waals surface area contributed by atoms with Crippen LogP contribution >= 0.6 is 0 Å². The van der Waals surface area contributed by atoms with E-state index in [1.807, 2.05) is 79.8 Å². The van der Waals surface area contributed by atoms with Crippen LogP contribution in [0, 0.1) is 0 Å². The van der Waals surface area contributed by atoms with Gasteiger partial charge in [-0.2, -0.15) is 0 Å². The third-order valence-corrected chi connectivity index (χ3v) is 5.19. The van der Waals surface area contributed by atoms with E-state index in [1.165, 1.54) is 0 Å². The Hall–Kier alpha value is -3.51. The second-order valence-electron chi connectivity index (χ2n) is 7.27. The van der Waals surface area contributed by atoms with Crippen molar-refractivity contribution >= 4 is 11.6 Å². The Morgan fingerprint density at radius 3 is 2.26 bits per heavy atom.